The van der Waals surface area contributed by atoms with Crippen LogP contribution in [0.25, 0.3) is 22.5 Å². The van der Waals surface area contributed by atoms with Gasteiger partial charge in [0, 0.05) is 29.6 Å². The van der Waals surface area contributed by atoms with Gasteiger partial charge in [0.1, 0.15) is 11.5 Å². The van der Waals surface area contributed by atoms with Gasteiger partial charge in [-0.2, -0.15) is 0 Å². The molecule has 0 saturated carbocycles. The van der Waals surface area contributed by atoms with E-state index in [1.807, 2.05) is 19.9 Å². The van der Waals surface area contributed by atoms with Gasteiger partial charge in [0.15, 0.2) is 0 Å². The zero-order chi connectivity index (χ0) is 22.4. The first-order valence-electron chi connectivity index (χ1n) is 9.66. The van der Waals surface area contributed by atoms with Crippen molar-refractivity contribution in [3.63, 3.8) is 0 Å². The third-order valence-electron chi connectivity index (χ3n) is 4.54. The summed E-state index contributed by atoms with van der Waals surface area (Å²) in [5.74, 6) is 0.278. The van der Waals surface area contributed by atoms with Gasteiger partial charge < -0.3 is 15.6 Å². The summed E-state index contributed by atoms with van der Waals surface area (Å²) in [5.41, 5.74) is 10.2. The fourth-order valence-corrected chi connectivity index (χ4v) is 4.01. The number of pyridine rings is 1. The molecule has 0 aliphatic carbocycles. The maximum atomic E-state index is 12.7. The highest BCUT2D eigenvalue weighted by molar-refractivity contribution is 7.89. The van der Waals surface area contributed by atoms with Gasteiger partial charge in [0.05, 0.1) is 36.6 Å². The summed E-state index contributed by atoms with van der Waals surface area (Å²) >= 11 is 0. The Morgan fingerprint density at radius 3 is 2.68 bits per heavy atom. The highest BCUT2D eigenvalue weighted by Crippen LogP contribution is 2.29. The second kappa shape index (κ2) is 9.92. The van der Waals surface area contributed by atoms with Crippen molar-refractivity contribution < 1.29 is 18.3 Å². The van der Waals surface area contributed by atoms with Crippen molar-refractivity contribution in [2.75, 3.05) is 32.1 Å². The van der Waals surface area contributed by atoms with E-state index in [1.165, 1.54) is 12.3 Å². The van der Waals surface area contributed by atoms with Crippen molar-refractivity contribution in [2.45, 2.75) is 18.7 Å². The minimum atomic E-state index is -3.74. The third-order valence-corrected chi connectivity index (χ3v) is 6.00. The van der Waals surface area contributed by atoms with Crippen LogP contribution in [0.15, 0.2) is 47.6 Å². The Labute approximate surface area is 181 Å². The Hall–Kier alpha value is -2.92. The highest BCUT2D eigenvalue weighted by Gasteiger charge is 2.17. The first kappa shape index (κ1) is 22.8. The highest BCUT2D eigenvalue weighted by atomic mass is 32.2. The maximum absolute atomic E-state index is 12.7. The molecular formula is C21H25N5O4S. The van der Waals surface area contributed by atoms with E-state index in [1.54, 1.807) is 24.4 Å². The van der Waals surface area contributed by atoms with Gasteiger partial charge >= 0.3 is 0 Å². The SMILES string of the molecule is Cc1cc(-c2nc(-c3cc(S(=O)(=O)NCCOCCO)ccc3C)cnc2N)ccn1. The van der Waals surface area contributed by atoms with Gasteiger partial charge in [0.2, 0.25) is 10.0 Å². The molecule has 2 heterocycles. The fraction of sp³-hybridized carbons (Fsp3) is 0.286. The molecule has 1 aromatic carbocycles. The molecule has 0 radical (unpaired) electrons. The molecule has 0 aliphatic heterocycles. The van der Waals surface area contributed by atoms with Crippen LogP contribution in [0.2, 0.25) is 0 Å². The molecule has 0 atom stereocenters. The molecule has 4 N–H and O–H groups in total. The molecule has 0 saturated heterocycles. The average Bonchev–Trinajstić information content (AvgIpc) is 2.74. The Morgan fingerprint density at radius 2 is 1.94 bits per heavy atom. The van der Waals surface area contributed by atoms with Crippen LogP contribution in [-0.2, 0) is 14.8 Å². The van der Waals surface area contributed by atoms with Crippen LogP contribution in [0.1, 0.15) is 11.3 Å². The number of hydrogen-bond acceptors (Lipinski definition) is 8. The van der Waals surface area contributed by atoms with Crippen LogP contribution < -0.4 is 10.5 Å². The Bertz CT molecular complexity index is 1170. The average molecular weight is 444 g/mol. The number of nitrogens with two attached hydrogens (primary N) is 1. The quantitative estimate of drug-likeness (QED) is 0.424. The summed E-state index contributed by atoms with van der Waals surface area (Å²) in [6, 6.07) is 8.48. The topological polar surface area (TPSA) is 140 Å². The Kier molecular flexibility index (Phi) is 7.29. The summed E-state index contributed by atoms with van der Waals surface area (Å²) in [4.78, 5) is 13.2. The van der Waals surface area contributed by atoms with Gasteiger partial charge in [-0.3, -0.25) is 4.98 Å². The van der Waals surface area contributed by atoms with Crippen molar-refractivity contribution in [2.24, 2.45) is 0 Å². The van der Waals surface area contributed by atoms with E-state index < -0.39 is 10.0 Å². The second-order valence-electron chi connectivity index (χ2n) is 6.89. The van der Waals surface area contributed by atoms with Crippen molar-refractivity contribution in [3.05, 3.63) is 54.0 Å². The van der Waals surface area contributed by atoms with E-state index in [9.17, 15) is 8.42 Å². The molecule has 9 nitrogen and oxygen atoms in total. The Morgan fingerprint density at radius 1 is 1.13 bits per heavy atom. The number of aliphatic hydroxyl groups is 1. The summed E-state index contributed by atoms with van der Waals surface area (Å²) in [7, 11) is -3.74. The zero-order valence-electron chi connectivity index (χ0n) is 17.4. The molecular weight excluding hydrogens is 418 g/mol. The normalized spacial score (nSPS) is 11.6. The summed E-state index contributed by atoms with van der Waals surface area (Å²) in [6.07, 6.45) is 3.20. The van der Waals surface area contributed by atoms with Gasteiger partial charge in [-0.25, -0.2) is 23.1 Å². The number of aryl methyl sites for hydroxylation is 2. The van der Waals surface area contributed by atoms with Crippen LogP contribution in [-0.4, -0.2) is 54.8 Å². The zero-order valence-corrected chi connectivity index (χ0v) is 18.2. The maximum Gasteiger partial charge on any atom is 0.240 e. The third kappa shape index (κ3) is 5.61. The minimum absolute atomic E-state index is 0.0960. The fourth-order valence-electron chi connectivity index (χ4n) is 2.98. The van der Waals surface area contributed by atoms with Crippen molar-refractivity contribution >= 4 is 15.8 Å². The predicted molar refractivity (Wildman–Crippen MR) is 118 cm³/mol. The Balaban J connectivity index is 1.92. The van der Waals surface area contributed by atoms with E-state index in [0.29, 0.717) is 17.0 Å². The number of anilines is 1. The number of ether oxygens (including phenoxy) is 1. The van der Waals surface area contributed by atoms with E-state index in [-0.39, 0.29) is 37.1 Å². The number of nitrogens with one attached hydrogen (secondary N) is 1. The summed E-state index contributed by atoms with van der Waals surface area (Å²) in [6.45, 7) is 4.05. The first-order chi connectivity index (χ1) is 14.8. The molecule has 3 rings (SSSR count). The molecule has 0 spiro atoms. The second-order valence-corrected chi connectivity index (χ2v) is 8.65. The number of rotatable bonds is 9. The summed E-state index contributed by atoms with van der Waals surface area (Å²) in [5, 5.41) is 8.71. The lowest BCUT2D eigenvalue weighted by Crippen LogP contribution is -2.27. The molecule has 10 heteroatoms. The molecule has 0 unspecified atom stereocenters. The van der Waals surface area contributed by atoms with Crippen LogP contribution in [0.5, 0.6) is 0 Å². The lowest BCUT2D eigenvalue weighted by Gasteiger charge is -2.12. The number of hydrogen-bond donors (Lipinski definition) is 3. The summed E-state index contributed by atoms with van der Waals surface area (Å²) < 4.78 is 32.9. The van der Waals surface area contributed by atoms with Crippen LogP contribution in [0.3, 0.4) is 0 Å². The lowest BCUT2D eigenvalue weighted by atomic mass is 10.1. The standard InChI is InChI=1S/C21H25N5O4S/c1-14-3-4-17(31(28,29)25-7-9-30-10-8-27)12-18(14)19-13-24-21(22)20(26-19)16-5-6-23-15(2)11-16/h3-6,11-13,25,27H,7-10H2,1-2H3,(H2,22,24). The number of benzene rings is 1. The molecule has 3 aromatic rings. The number of nitrogen functional groups attached to an aromatic ring is 1. The molecule has 0 bridgehead atoms. The number of aromatic nitrogens is 3. The van der Waals surface area contributed by atoms with Gasteiger partial charge in [0.25, 0.3) is 0 Å². The minimum Gasteiger partial charge on any atom is -0.394 e. The smallest absolute Gasteiger partial charge is 0.240 e. The lowest BCUT2D eigenvalue weighted by molar-refractivity contribution is 0.0961. The molecule has 0 aliphatic rings. The first-order valence-corrected chi connectivity index (χ1v) is 11.1. The van der Waals surface area contributed by atoms with Gasteiger partial charge in [-0.15, -0.1) is 0 Å². The van der Waals surface area contributed by atoms with Crippen LogP contribution >= 0.6 is 0 Å². The molecule has 31 heavy (non-hydrogen) atoms. The number of aliphatic hydroxyl groups excluding tert-OH is 1. The molecule has 0 amide bonds. The number of nitrogens with zero attached hydrogens (tertiary/aromatic N) is 3. The van der Waals surface area contributed by atoms with E-state index in [4.69, 9.17) is 15.6 Å². The molecule has 0 fully saturated rings. The monoisotopic (exact) mass is 443 g/mol. The number of sulfonamides is 1. The van der Waals surface area contributed by atoms with E-state index in [0.717, 1.165) is 16.8 Å². The largest absolute Gasteiger partial charge is 0.394 e. The van der Waals surface area contributed by atoms with Crippen molar-refractivity contribution in [3.8, 4) is 22.5 Å². The van der Waals surface area contributed by atoms with Crippen LogP contribution in [0.4, 0.5) is 5.82 Å². The van der Waals surface area contributed by atoms with Gasteiger partial charge in [-0.1, -0.05) is 6.07 Å². The van der Waals surface area contributed by atoms with E-state index >= 15 is 0 Å². The van der Waals surface area contributed by atoms with Crippen molar-refractivity contribution in [1.82, 2.24) is 19.7 Å². The van der Waals surface area contributed by atoms with Gasteiger partial charge in [-0.05, 0) is 43.7 Å². The van der Waals surface area contributed by atoms with Crippen LogP contribution in [0, 0.1) is 13.8 Å². The molecule has 2 aromatic heterocycles. The van der Waals surface area contributed by atoms with Crippen molar-refractivity contribution in [1.29, 1.82) is 0 Å². The molecule has 164 valence electrons. The predicted octanol–water partition coefficient (Wildman–Crippen LogP) is 1.69. The van der Waals surface area contributed by atoms with E-state index in [2.05, 4.69) is 19.7 Å².